The highest BCUT2D eigenvalue weighted by molar-refractivity contribution is 5.93. The van der Waals surface area contributed by atoms with Gasteiger partial charge in [-0.25, -0.2) is 0 Å². The summed E-state index contributed by atoms with van der Waals surface area (Å²) in [5, 5.41) is 5.60. The van der Waals surface area contributed by atoms with E-state index in [1.54, 1.807) is 0 Å². The van der Waals surface area contributed by atoms with Gasteiger partial charge in [-0.05, 0) is 28.5 Å². The number of piperidine rings is 1. The van der Waals surface area contributed by atoms with Crippen molar-refractivity contribution in [2.45, 2.75) is 31.4 Å². The number of hydrogen-bond acceptors (Lipinski definition) is 3. The van der Waals surface area contributed by atoms with Crippen LogP contribution >= 0.6 is 0 Å². The third-order valence-electron chi connectivity index (χ3n) is 6.01. The minimum atomic E-state index is -0.397. The Hall–Kier alpha value is -2.85. The number of hydrogen-bond donors (Lipinski definition) is 1. The average molecular weight is 372 g/mol. The Morgan fingerprint density at radius 1 is 0.929 bits per heavy atom. The van der Waals surface area contributed by atoms with Crippen LogP contribution in [0.1, 0.15) is 24.8 Å². The molecule has 4 nitrogen and oxygen atoms in total. The molecule has 0 bridgehead atoms. The normalized spacial score (nSPS) is 18.9. The fourth-order valence-electron chi connectivity index (χ4n) is 4.48. The van der Waals surface area contributed by atoms with Crippen molar-refractivity contribution in [2.75, 3.05) is 18.4 Å². The molecule has 2 heterocycles. The molecule has 3 aromatic carbocycles. The summed E-state index contributed by atoms with van der Waals surface area (Å²) in [6, 6.07) is 22.8. The molecule has 2 aliphatic rings. The molecule has 28 heavy (non-hydrogen) atoms. The second kappa shape index (κ2) is 6.95. The fraction of sp³-hybridized carbons (Fsp3) is 0.292. The predicted molar refractivity (Wildman–Crippen MR) is 112 cm³/mol. The average Bonchev–Trinajstić information content (AvgIpc) is 2.85. The van der Waals surface area contributed by atoms with Crippen molar-refractivity contribution >= 4 is 22.4 Å². The van der Waals surface area contributed by atoms with Crippen LogP contribution in [-0.4, -0.2) is 29.5 Å². The van der Waals surface area contributed by atoms with Gasteiger partial charge in [-0.2, -0.15) is 0 Å². The van der Waals surface area contributed by atoms with Crippen LogP contribution in [0.5, 0.6) is 5.75 Å². The molecule has 0 atom stereocenters. The lowest BCUT2D eigenvalue weighted by molar-refractivity contribution is -0.121. The number of ether oxygens (including phenoxy) is 1. The van der Waals surface area contributed by atoms with E-state index in [0.29, 0.717) is 6.42 Å². The molecule has 0 radical (unpaired) electrons. The van der Waals surface area contributed by atoms with Gasteiger partial charge in [0.2, 0.25) is 5.91 Å². The van der Waals surface area contributed by atoms with Crippen LogP contribution in [0.3, 0.4) is 0 Å². The maximum atomic E-state index is 12.4. The Balaban J connectivity index is 1.33. The van der Waals surface area contributed by atoms with Crippen LogP contribution in [-0.2, 0) is 11.3 Å². The summed E-state index contributed by atoms with van der Waals surface area (Å²) in [7, 11) is 0. The lowest BCUT2D eigenvalue weighted by Gasteiger charge is -2.40. The van der Waals surface area contributed by atoms with Crippen molar-refractivity contribution < 1.29 is 9.53 Å². The topological polar surface area (TPSA) is 41.6 Å². The summed E-state index contributed by atoms with van der Waals surface area (Å²) >= 11 is 0. The molecule has 3 aromatic rings. The number of likely N-dealkylation sites (tertiary alicyclic amines) is 1. The first-order valence-electron chi connectivity index (χ1n) is 9.98. The maximum Gasteiger partial charge on any atom is 0.228 e. The number of benzene rings is 3. The van der Waals surface area contributed by atoms with Gasteiger partial charge in [0.1, 0.15) is 11.4 Å². The molecule has 1 saturated heterocycles. The highest BCUT2D eigenvalue weighted by atomic mass is 16.5. The van der Waals surface area contributed by atoms with Crippen LogP contribution in [0.25, 0.3) is 10.8 Å². The van der Waals surface area contributed by atoms with E-state index in [1.807, 2.05) is 24.3 Å². The van der Waals surface area contributed by atoms with Crippen molar-refractivity contribution in [2.24, 2.45) is 0 Å². The van der Waals surface area contributed by atoms with Gasteiger partial charge in [-0.1, -0.05) is 54.6 Å². The molecule has 2 aliphatic heterocycles. The number of rotatable bonds is 2. The zero-order chi connectivity index (χ0) is 19.0. The van der Waals surface area contributed by atoms with Crippen molar-refractivity contribution in [1.29, 1.82) is 0 Å². The van der Waals surface area contributed by atoms with Crippen molar-refractivity contribution in [3.8, 4) is 5.75 Å². The molecule has 1 amide bonds. The maximum absolute atomic E-state index is 12.4. The summed E-state index contributed by atoms with van der Waals surface area (Å²) in [4.78, 5) is 14.9. The van der Waals surface area contributed by atoms with Gasteiger partial charge in [0.25, 0.3) is 0 Å². The first-order chi connectivity index (χ1) is 13.7. The van der Waals surface area contributed by atoms with E-state index in [-0.39, 0.29) is 5.91 Å². The molecule has 1 spiro atoms. The Bertz CT molecular complexity index is 1020. The van der Waals surface area contributed by atoms with Gasteiger partial charge in [-0.3, -0.25) is 9.69 Å². The molecular formula is C24H24N2O2. The van der Waals surface area contributed by atoms with Gasteiger partial charge in [-0.15, -0.1) is 0 Å². The van der Waals surface area contributed by atoms with E-state index >= 15 is 0 Å². The van der Waals surface area contributed by atoms with Crippen LogP contribution < -0.4 is 10.1 Å². The Kier molecular flexibility index (Phi) is 4.29. The number of amides is 1. The first kappa shape index (κ1) is 17.3. The molecule has 0 unspecified atom stereocenters. The number of carbonyl (C=O) groups is 1. The van der Waals surface area contributed by atoms with Crippen LogP contribution in [0.4, 0.5) is 5.69 Å². The smallest absolute Gasteiger partial charge is 0.228 e. The summed E-state index contributed by atoms with van der Waals surface area (Å²) < 4.78 is 6.41. The van der Waals surface area contributed by atoms with Crippen molar-refractivity contribution in [3.05, 3.63) is 72.3 Å². The fourth-order valence-corrected chi connectivity index (χ4v) is 4.48. The summed E-state index contributed by atoms with van der Waals surface area (Å²) in [6.45, 7) is 2.79. The van der Waals surface area contributed by atoms with Gasteiger partial charge in [0.05, 0.1) is 12.1 Å². The molecular weight excluding hydrogens is 348 g/mol. The highest BCUT2D eigenvalue weighted by Crippen LogP contribution is 2.38. The van der Waals surface area contributed by atoms with E-state index in [0.717, 1.165) is 43.9 Å². The molecule has 1 fully saturated rings. The molecule has 142 valence electrons. The SMILES string of the molecule is O=C1CC2(CCN(Cc3cccc4ccccc34)CC2)Oc2ccccc2N1. The van der Waals surface area contributed by atoms with Crippen LogP contribution in [0.2, 0.25) is 0 Å². The second-order valence-corrected chi connectivity index (χ2v) is 7.92. The lowest BCUT2D eigenvalue weighted by atomic mass is 9.87. The summed E-state index contributed by atoms with van der Waals surface area (Å²) in [5.41, 5.74) is 1.74. The molecule has 5 rings (SSSR count). The van der Waals surface area contributed by atoms with E-state index in [2.05, 4.69) is 52.7 Å². The molecule has 4 heteroatoms. The van der Waals surface area contributed by atoms with Crippen LogP contribution in [0, 0.1) is 0 Å². The first-order valence-corrected chi connectivity index (χ1v) is 9.98. The summed E-state index contributed by atoms with van der Waals surface area (Å²) in [6.07, 6.45) is 2.14. The van der Waals surface area contributed by atoms with Gasteiger partial charge >= 0.3 is 0 Å². The minimum Gasteiger partial charge on any atom is -0.484 e. The largest absolute Gasteiger partial charge is 0.484 e. The van der Waals surface area contributed by atoms with E-state index in [4.69, 9.17) is 4.74 Å². The van der Waals surface area contributed by atoms with Crippen LogP contribution in [0.15, 0.2) is 66.7 Å². The van der Waals surface area contributed by atoms with E-state index in [9.17, 15) is 4.79 Å². The quantitative estimate of drug-likeness (QED) is 0.715. The van der Waals surface area contributed by atoms with E-state index in [1.165, 1.54) is 16.3 Å². The predicted octanol–water partition coefficient (Wildman–Crippen LogP) is 4.60. The molecule has 0 aliphatic carbocycles. The molecule has 0 saturated carbocycles. The third-order valence-corrected chi connectivity index (χ3v) is 6.01. The molecule has 1 N–H and O–H groups in total. The Labute approximate surface area is 165 Å². The summed E-state index contributed by atoms with van der Waals surface area (Å²) in [5.74, 6) is 0.836. The van der Waals surface area contributed by atoms with Crippen molar-refractivity contribution in [3.63, 3.8) is 0 Å². The second-order valence-electron chi connectivity index (χ2n) is 7.92. The Morgan fingerprint density at radius 2 is 1.68 bits per heavy atom. The minimum absolute atomic E-state index is 0.0486. The Morgan fingerprint density at radius 3 is 2.57 bits per heavy atom. The van der Waals surface area contributed by atoms with Gasteiger partial charge in [0, 0.05) is 32.5 Å². The number of anilines is 1. The highest BCUT2D eigenvalue weighted by Gasteiger charge is 2.41. The number of nitrogens with one attached hydrogen (secondary N) is 1. The zero-order valence-corrected chi connectivity index (χ0v) is 15.9. The van der Waals surface area contributed by atoms with Crippen molar-refractivity contribution in [1.82, 2.24) is 4.90 Å². The lowest BCUT2D eigenvalue weighted by Crippen LogP contribution is -2.48. The number of carbonyl (C=O) groups excluding carboxylic acids is 1. The van der Waals surface area contributed by atoms with Gasteiger partial charge in [0.15, 0.2) is 0 Å². The van der Waals surface area contributed by atoms with Gasteiger partial charge < -0.3 is 10.1 Å². The van der Waals surface area contributed by atoms with E-state index < -0.39 is 5.60 Å². The third kappa shape index (κ3) is 3.25. The number of fused-ring (bicyclic) bond motifs is 2. The molecule has 0 aromatic heterocycles. The standard InChI is InChI=1S/C24H24N2O2/c27-23-16-24(28-22-11-4-3-10-21(22)25-23)12-14-26(15-13-24)17-19-8-5-7-18-6-1-2-9-20(18)19/h1-11H,12-17H2,(H,25,27). The zero-order valence-electron chi connectivity index (χ0n) is 15.9. The monoisotopic (exact) mass is 372 g/mol. The number of para-hydroxylation sites is 2. The number of nitrogens with zero attached hydrogens (tertiary/aromatic N) is 1.